The third kappa shape index (κ3) is 5.58. The number of aromatic hydroxyl groups is 1. The van der Waals surface area contributed by atoms with E-state index in [4.69, 9.17) is 30.5 Å². The van der Waals surface area contributed by atoms with Gasteiger partial charge in [-0.2, -0.15) is 5.26 Å². The molecular formula is C38H40ClN3O7. The van der Waals surface area contributed by atoms with Crippen molar-refractivity contribution >= 4 is 23.5 Å². The number of carbonyl (C=O) groups excluding carboxylic acids is 2. The highest BCUT2D eigenvalue weighted by Crippen LogP contribution is 2.58. The quantitative estimate of drug-likeness (QED) is 0.184. The van der Waals surface area contributed by atoms with Crippen molar-refractivity contribution in [2.24, 2.45) is 0 Å². The fraction of sp³-hybridized carbons (Fsp3) is 0.447. The first-order chi connectivity index (χ1) is 23.6. The molecule has 4 aliphatic rings. The number of nitrogens with zero attached hydrogens (tertiary/aromatic N) is 3. The summed E-state index contributed by atoms with van der Waals surface area (Å²) in [4.78, 5) is 30.6. The fourth-order valence-electron chi connectivity index (χ4n) is 8.37. The van der Waals surface area contributed by atoms with E-state index in [0.29, 0.717) is 47.6 Å². The van der Waals surface area contributed by atoms with Crippen LogP contribution in [0.25, 0.3) is 0 Å². The van der Waals surface area contributed by atoms with Gasteiger partial charge in [-0.3, -0.25) is 19.4 Å². The molecular weight excluding hydrogens is 646 g/mol. The van der Waals surface area contributed by atoms with E-state index in [1.807, 2.05) is 58.2 Å². The van der Waals surface area contributed by atoms with Crippen molar-refractivity contribution in [1.82, 2.24) is 9.80 Å². The third-order valence-corrected chi connectivity index (χ3v) is 11.0. The Morgan fingerprint density at radius 1 is 1.02 bits per heavy atom. The number of benzene rings is 3. The number of phenols is 1. The lowest BCUT2D eigenvalue weighted by molar-refractivity contribution is -0.149. The Balaban J connectivity index is 1.36. The molecule has 3 aromatic rings. The van der Waals surface area contributed by atoms with E-state index in [1.54, 1.807) is 0 Å². The lowest BCUT2D eigenvalue weighted by Gasteiger charge is -2.59. The molecule has 0 aromatic heterocycles. The minimum absolute atomic E-state index is 0.0195. The van der Waals surface area contributed by atoms with Gasteiger partial charge in [-0.1, -0.05) is 36.4 Å². The van der Waals surface area contributed by atoms with Crippen LogP contribution in [0, 0.1) is 32.1 Å². The van der Waals surface area contributed by atoms with Crippen molar-refractivity contribution in [1.29, 1.82) is 5.26 Å². The van der Waals surface area contributed by atoms with E-state index in [2.05, 4.69) is 21.9 Å². The molecule has 10 nitrogen and oxygen atoms in total. The first-order valence-corrected chi connectivity index (χ1v) is 17.3. The normalized spacial score (nSPS) is 23.6. The summed E-state index contributed by atoms with van der Waals surface area (Å²) in [5.74, 6) is 0.855. The molecule has 0 aliphatic carbocycles. The van der Waals surface area contributed by atoms with Crippen molar-refractivity contribution < 1.29 is 33.6 Å². The number of piperazine rings is 1. The topological polar surface area (TPSA) is 122 Å². The van der Waals surface area contributed by atoms with Crippen LogP contribution in [-0.4, -0.2) is 71.3 Å². The standard InChI is InChI=1S/C38H40ClN3O7/c1-20-14-24-15-26-28(17-40)42-27(34(41(26)4)32(24)35(45)21(20)2)16-25-33(29(42)18-46-30(43)11-10-23-8-6-5-7-9-23)38-37(47-19-48-38)22(3)36(25)49-31(44)12-13-39/h5-9,14,26-29,34,45H,10-13,15-16,18-19H2,1-4H3/t26-,27?,28-,29-,34-/m0/s1. The molecule has 7 rings (SSSR count). The summed E-state index contributed by atoms with van der Waals surface area (Å²) < 4.78 is 24.1. The molecule has 0 saturated carbocycles. The Kier molecular flexibility index (Phi) is 8.94. The van der Waals surface area contributed by atoms with Crippen LogP contribution in [0.3, 0.4) is 0 Å². The fourth-order valence-corrected chi connectivity index (χ4v) is 8.53. The number of hydrogen-bond donors (Lipinski definition) is 1. The number of halogens is 1. The summed E-state index contributed by atoms with van der Waals surface area (Å²) >= 11 is 5.92. The summed E-state index contributed by atoms with van der Waals surface area (Å²) in [7, 11) is 2.01. The number of fused-ring (bicyclic) bond motifs is 9. The molecule has 4 heterocycles. The van der Waals surface area contributed by atoms with E-state index in [-0.39, 0.29) is 62.0 Å². The van der Waals surface area contributed by atoms with Crippen LogP contribution in [0.2, 0.25) is 0 Å². The van der Waals surface area contributed by atoms with E-state index in [1.165, 1.54) is 0 Å². The summed E-state index contributed by atoms with van der Waals surface area (Å²) in [6, 6.07) is 12.4. The van der Waals surface area contributed by atoms with E-state index in [0.717, 1.165) is 33.4 Å². The molecule has 4 aliphatic heterocycles. The number of phenolic OH excluding ortho intramolecular Hbond substituents is 1. The van der Waals surface area contributed by atoms with Crippen LogP contribution in [0.5, 0.6) is 23.0 Å². The lowest BCUT2D eigenvalue weighted by Crippen LogP contribution is -2.68. The average molecular weight is 686 g/mol. The van der Waals surface area contributed by atoms with E-state index < -0.39 is 18.1 Å². The number of hydrogen-bond acceptors (Lipinski definition) is 10. The lowest BCUT2D eigenvalue weighted by atomic mass is 9.71. The van der Waals surface area contributed by atoms with Crippen LogP contribution in [0.15, 0.2) is 36.4 Å². The molecule has 256 valence electrons. The molecule has 2 bridgehead atoms. The van der Waals surface area contributed by atoms with E-state index >= 15 is 0 Å². The Morgan fingerprint density at radius 2 is 1.78 bits per heavy atom. The van der Waals surface area contributed by atoms with Crippen LogP contribution in [0.4, 0.5) is 0 Å². The maximum absolute atomic E-state index is 13.3. The molecule has 5 atom stereocenters. The first-order valence-electron chi connectivity index (χ1n) is 16.8. The highest BCUT2D eigenvalue weighted by Gasteiger charge is 2.57. The van der Waals surface area contributed by atoms with Gasteiger partial charge in [0.2, 0.25) is 6.79 Å². The predicted octanol–water partition coefficient (Wildman–Crippen LogP) is 5.53. The smallest absolute Gasteiger partial charge is 0.312 e. The predicted molar refractivity (Wildman–Crippen MR) is 181 cm³/mol. The van der Waals surface area contributed by atoms with Gasteiger partial charge in [-0.25, -0.2) is 0 Å². The number of likely N-dealkylation sites (N-methyl/N-ethyl adjacent to an activating group) is 1. The Morgan fingerprint density at radius 3 is 2.51 bits per heavy atom. The first kappa shape index (κ1) is 33.2. The number of alkyl halides is 1. The van der Waals surface area contributed by atoms with Gasteiger partial charge in [0.05, 0.1) is 24.6 Å². The number of rotatable bonds is 8. The number of aryl methyl sites for hydroxylation is 2. The van der Waals surface area contributed by atoms with Gasteiger partial charge in [0.1, 0.15) is 24.1 Å². The molecule has 1 N–H and O–H groups in total. The molecule has 1 saturated heterocycles. The Bertz CT molecular complexity index is 1860. The number of nitriles is 1. The van der Waals surface area contributed by atoms with Crippen molar-refractivity contribution in [2.75, 3.05) is 26.3 Å². The maximum Gasteiger partial charge on any atom is 0.312 e. The van der Waals surface area contributed by atoms with Crippen molar-refractivity contribution in [3.63, 3.8) is 0 Å². The molecule has 1 unspecified atom stereocenters. The molecule has 0 radical (unpaired) electrons. The Labute approximate surface area is 291 Å². The van der Waals surface area contributed by atoms with Crippen molar-refractivity contribution in [3.8, 4) is 29.1 Å². The second kappa shape index (κ2) is 13.2. The van der Waals surface area contributed by atoms with Gasteiger partial charge < -0.3 is 24.1 Å². The number of ether oxygens (including phenoxy) is 4. The highest BCUT2D eigenvalue weighted by atomic mass is 35.5. The monoisotopic (exact) mass is 685 g/mol. The summed E-state index contributed by atoms with van der Waals surface area (Å²) in [6.07, 6.45) is 1.69. The van der Waals surface area contributed by atoms with Crippen molar-refractivity contribution in [3.05, 3.63) is 80.9 Å². The van der Waals surface area contributed by atoms with Crippen LogP contribution >= 0.6 is 11.6 Å². The molecule has 3 aromatic carbocycles. The number of carbonyl (C=O) groups is 2. The summed E-state index contributed by atoms with van der Waals surface area (Å²) in [5, 5.41) is 22.5. The average Bonchev–Trinajstić information content (AvgIpc) is 3.58. The van der Waals surface area contributed by atoms with E-state index in [9.17, 15) is 20.0 Å². The summed E-state index contributed by atoms with van der Waals surface area (Å²) in [6.45, 7) is 5.66. The zero-order valence-electron chi connectivity index (χ0n) is 28.1. The van der Waals surface area contributed by atoms with Crippen LogP contribution in [0.1, 0.15) is 69.4 Å². The van der Waals surface area contributed by atoms with Crippen LogP contribution < -0.4 is 14.2 Å². The molecule has 0 amide bonds. The molecule has 49 heavy (non-hydrogen) atoms. The Hall–Kier alpha value is -4.30. The van der Waals surface area contributed by atoms with Gasteiger partial charge in [0.15, 0.2) is 11.5 Å². The minimum atomic E-state index is -0.630. The maximum atomic E-state index is 13.3. The molecule has 1 fully saturated rings. The second-order valence-corrected chi connectivity index (χ2v) is 13.8. The molecule has 11 heteroatoms. The van der Waals surface area contributed by atoms with Gasteiger partial charge in [0, 0.05) is 46.6 Å². The zero-order chi connectivity index (χ0) is 34.6. The third-order valence-electron chi connectivity index (χ3n) is 10.8. The van der Waals surface area contributed by atoms with Gasteiger partial charge in [-0.05, 0) is 69.3 Å². The zero-order valence-corrected chi connectivity index (χ0v) is 28.9. The van der Waals surface area contributed by atoms with Crippen LogP contribution in [-0.2, 0) is 33.6 Å². The second-order valence-electron chi connectivity index (χ2n) is 13.4. The largest absolute Gasteiger partial charge is 0.507 e. The van der Waals surface area contributed by atoms with Crippen molar-refractivity contribution in [2.45, 2.75) is 83.1 Å². The number of esters is 2. The van der Waals surface area contributed by atoms with Gasteiger partial charge in [0.25, 0.3) is 0 Å². The van der Waals surface area contributed by atoms with Gasteiger partial charge >= 0.3 is 11.9 Å². The SMILES string of the molecule is Cc1cc2c(c(O)c1C)[C@@H]1C3Cc4c(OC(=O)CCCl)c(C)c5c(c4[C@H](COC(=O)CCc4ccccc4)N3[C@@H](C#N)[C@H](C2)N1C)OCO5. The highest BCUT2D eigenvalue weighted by molar-refractivity contribution is 6.18. The summed E-state index contributed by atoms with van der Waals surface area (Å²) in [5.41, 5.74) is 6.75. The minimum Gasteiger partial charge on any atom is -0.507 e. The molecule has 0 spiro atoms. The van der Waals surface area contributed by atoms with Gasteiger partial charge in [-0.15, -0.1) is 11.6 Å².